The van der Waals surface area contributed by atoms with E-state index >= 15 is 0 Å². The Hall–Kier alpha value is -0.650. The van der Waals surface area contributed by atoms with Crippen molar-refractivity contribution in [1.29, 1.82) is 0 Å². The van der Waals surface area contributed by atoms with Crippen molar-refractivity contribution in [2.75, 3.05) is 26.3 Å². The third kappa shape index (κ3) is 7.97. The van der Waals surface area contributed by atoms with Crippen molar-refractivity contribution in [3.05, 3.63) is 0 Å². The molecule has 0 atom stereocenters. The Kier molecular flexibility index (Phi) is 8.51. The lowest BCUT2D eigenvalue weighted by Gasteiger charge is -2.16. The fourth-order valence-corrected chi connectivity index (χ4v) is 1.02. The minimum atomic E-state index is -0.352. The van der Waals surface area contributed by atoms with Crippen LogP contribution in [-0.4, -0.2) is 38.5 Å². The molecule has 14 heavy (non-hydrogen) atoms. The molecule has 0 rings (SSSR count). The Balaban J connectivity index is 3.44. The maximum Gasteiger partial charge on any atom is 0.231 e. The lowest BCUT2D eigenvalue weighted by atomic mass is 10.4. The molecule has 0 aliphatic carbocycles. The minimum absolute atomic E-state index is 0.189. The van der Waals surface area contributed by atoms with Gasteiger partial charge in [0, 0.05) is 26.2 Å². The van der Waals surface area contributed by atoms with E-state index in [-0.39, 0.29) is 18.7 Å². The lowest BCUT2D eigenvalue weighted by Crippen LogP contribution is -2.31. The molecule has 0 aliphatic rings. The van der Waals surface area contributed by atoms with Crippen molar-refractivity contribution in [2.24, 2.45) is 5.73 Å². The second-order valence-corrected chi connectivity index (χ2v) is 2.77. The van der Waals surface area contributed by atoms with Gasteiger partial charge in [-0.05, 0) is 13.8 Å². The van der Waals surface area contributed by atoms with Gasteiger partial charge in [-0.25, -0.2) is 0 Å². The first kappa shape index (κ1) is 13.4. The third-order valence-corrected chi connectivity index (χ3v) is 1.56. The average molecular weight is 204 g/mol. The largest absolute Gasteiger partial charge is 0.369 e. The molecule has 5 heteroatoms. The lowest BCUT2D eigenvalue weighted by molar-refractivity contribution is -0.139. The number of primary amides is 1. The highest BCUT2D eigenvalue weighted by Crippen LogP contribution is 1.99. The average Bonchev–Trinajstić information content (AvgIpc) is 2.12. The van der Waals surface area contributed by atoms with Crippen LogP contribution in [0.15, 0.2) is 0 Å². The fourth-order valence-electron chi connectivity index (χ4n) is 1.02. The van der Waals surface area contributed by atoms with Crippen LogP contribution in [0.5, 0.6) is 0 Å². The fraction of sp³-hybridized carbons (Fsp3) is 0.889. The molecule has 0 radical (unpaired) electrons. The van der Waals surface area contributed by atoms with Crippen LogP contribution in [0.25, 0.3) is 0 Å². The van der Waals surface area contributed by atoms with Gasteiger partial charge in [-0.2, -0.15) is 0 Å². The number of hydrogen-bond donors (Lipinski definition) is 2. The molecule has 0 bridgehead atoms. The molecular weight excluding hydrogens is 184 g/mol. The quantitative estimate of drug-likeness (QED) is 0.404. The first-order valence-electron chi connectivity index (χ1n) is 4.92. The van der Waals surface area contributed by atoms with Gasteiger partial charge < -0.3 is 20.5 Å². The molecule has 0 aromatic rings. The number of nitrogens with one attached hydrogen (secondary N) is 1. The van der Waals surface area contributed by atoms with E-state index in [9.17, 15) is 4.79 Å². The van der Waals surface area contributed by atoms with Gasteiger partial charge in [0.25, 0.3) is 0 Å². The van der Waals surface area contributed by atoms with Crippen molar-refractivity contribution in [2.45, 2.75) is 26.6 Å². The molecule has 0 unspecified atom stereocenters. The van der Waals surface area contributed by atoms with Crippen LogP contribution in [0.1, 0.15) is 20.3 Å². The molecule has 0 spiro atoms. The number of carbonyl (C=O) groups excluding carboxylic acids is 1. The van der Waals surface area contributed by atoms with E-state index in [0.29, 0.717) is 19.8 Å². The van der Waals surface area contributed by atoms with E-state index in [1.54, 1.807) is 0 Å². The van der Waals surface area contributed by atoms with Crippen molar-refractivity contribution < 1.29 is 14.3 Å². The summed E-state index contributed by atoms with van der Waals surface area (Å²) >= 11 is 0. The monoisotopic (exact) mass is 204 g/mol. The van der Waals surface area contributed by atoms with Gasteiger partial charge in [-0.3, -0.25) is 4.79 Å². The highest BCUT2D eigenvalue weighted by molar-refractivity contribution is 5.75. The third-order valence-electron chi connectivity index (χ3n) is 1.56. The van der Waals surface area contributed by atoms with E-state index in [1.165, 1.54) is 0 Å². The van der Waals surface area contributed by atoms with Crippen LogP contribution in [0.4, 0.5) is 0 Å². The number of ether oxygens (including phenoxy) is 2. The second-order valence-electron chi connectivity index (χ2n) is 2.77. The van der Waals surface area contributed by atoms with E-state index in [0.717, 1.165) is 6.42 Å². The molecule has 0 heterocycles. The molecule has 84 valence electrons. The first-order chi connectivity index (χ1) is 6.70. The molecule has 5 nitrogen and oxygen atoms in total. The predicted octanol–water partition coefficient (Wildman–Crippen LogP) is -0.149. The van der Waals surface area contributed by atoms with Crippen molar-refractivity contribution in [3.8, 4) is 0 Å². The van der Waals surface area contributed by atoms with Crippen LogP contribution in [0.3, 0.4) is 0 Å². The summed E-state index contributed by atoms with van der Waals surface area (Å²) in [6.07, 6.45) is 0.528. The summed E-state index contributed by atoms with van der Waals surface area (Å²) in [5, 5.41) is 2.90. The number of amides is 1. The molecule has 3 N–H and O–H groups in total. The summed E-state index contributed by atoms with van der Waals surface area (Å²) < 4.78 is 10.6. The standard InChI is InChI=1S/C9H20N2O3/c1-3-13-9(14-4-2)5-6-11-7-8(10)12/h9,11H,3-7H2,1-2H3,(H2,10,12). The zero-order valence-electron chi connectivity index (χ0n) is 8.91. The van der Waals surface area contributed by atoms with Crippen LogP contribution in [0.2, 0.25) is 0 Å². The maximum absolute atomic E-state index is 10.4. The number of nitrogens with two attached hydrogens (primary N) is 1. The van der Waals surface area contributed by atoms with E-state index in [1.807, 2.05) is 13.8 Å². The zero-order chi connectivity index (χ0) is 10.8. The molecule has 0 aromatic carbocycles. The Morgan fingerprint density at radius 1 is 1.36 bits per heavy atom. The number of rotatable bonds is 9. The Labute approximate surface area is 84.9 Å². The van der Waals surface area contributed by atoms with Crippen LogP contribution in [0, 0.1) is 0 Å². The summed E-state index contributed by atoms with van der Waals surface area (Å²) in [5.41, 5.74) is 4.96. The second kappa shape index (κ2) is 8.93. The first-order valence-corrected chi connectivity index (χ1v) is 4.92. The molecule has 1 amide bonds. The molecule has 0 saturated heterocycles. The summed E-state index contributed by atoms with van der Waals surface area (Å²) in [6.45, 7) is 5.95. The van der Waals surface area contributed by atoms with Crippen LogP contribution in [-0.2, 0) is 14.3 Å². The van der Waals surface area contributed by atoms with Gasteiger partial charge in [-0.1, -0.05) is 0 Å². The topological polar surface area (TPSA) is 73.6 Å². The van der Waals surface area contributed by atoms with E-state index in [2.05, 4.69) is 5.32 Å². The molecule has 0 aliphatic heterocycles. The summed E-state index contributed by atoms with van der Waals surface area (Å²) in [5.74, 6) is -0.352. The Bertz CT molecular complexity index is 147. The van der Waals surface area contributed by atoms with E-state index in [4.69, 9.17) is 15.2 Å². The van der Waals surface area contributed by atoms with Gasteiger partial charge in [0.1, 0.15) is 0 Å². The zero-order valence-corrected chi connectivity index (χ0v) is 8.91. The van der Waals surface area contributed by atoms with Gasteiger partial charge in [0.2, 0.25) is 5.91 Å². The van der Waals surface area contributed by atoms with Gasteiger partial charge in [-0.15, -0.1) is 0 Å². The highest BCUT2D eigenvalue weighted by Gasteiger charge is 2.06. The molecule has 0 fully saturated rings. The predicted molar refractivity (Wildman–Crippen MR) is 53.7 cm³/mol. The van der Waals surface area contributed by atoms with Crippen LogP contribution < -0.4 is 11.1 Å². The summed E-state index contributed by atoms with van der Waals surface area (Å²) in [7, 11) is 0. The van der Waals surface area contributed by atoms with Crippen LogP contribution >= 0.6 is 0 Å². The SMILES string of the molecule is CCOC(CCNCC(N)=O)OCC. The normalized spacial score (nSPS) is 10.8. The van der Waals surface area contributed by atoms with E-state index < -0.39 is 0 Å². The number of carbonyl (C=O) groups is 1. The highest BCUT2D eigenvalue weighted by atomic mass is 16.7. The molecule has 0 saturated carbocycles. The van der Waals surface area contributed by atoms with Gasteiger partial charge in [0.05, 0.1) is 6.54 Å². The number of hydrogen-bond acceptors (Lipinski definition) is 4. The summed E-state index contributed by atoms with van der Waals surface area (Å²) in [4.78, 5) is 10.4. The molecular formula is C9H20N2O3. The Morgan fingerprint density at radius 3 is 2.36 bits per heavy atom. The van der Waals surface area contributed by atoms with Crippen molar-refractivity contribution in [3.63, 3.8) is 0 Å². The Morgan fingerprint density at radius 2 is 1.93 bits per heavy atom. The maximum atomic E-state index is 10.4. The smallest absolute Gasteiger partial charge is 0.231 e. The minimum Gasteiger partial charge on any atom is -0.369 e. The van der Waals surface area contributed by atoms with Crippen molar-refractivity contribution in [1.82, 2.24) is 5.32 Å². The van der Waals surface area contributed by atoms with Gasteiger partial charge >= 0.3 is 0 Å². The molecule has 0 aromatic heterocycles. The van der Waals surface area contributed by atoms with Crippen molar-refractivity contribution >= 4 is 5.91 Å². The van der Waals surface area contributed by atoms with Gasteiger partial charge in [0.15, 0.2) is 6.29 Å². The summed E-state index contributed by atoms with van der Waals surface area (Å²) in [6, 6.07) is 0.